The molecule has 0 spiro atoms. The number of rotatable bonds is 7. The smallest absolute Gasteiger partial charge is 0.176 e. The summed E-state index contributed by atoms with van der Waals surface area (Å²) < 4.78 is 17.2. The summed E-state index contributed by atoms with van der Waals surface area (Å²) >= 11 is 0. The predicted molar refractivity (Wildman–Crippen MR) is 74.5 cm³/mol. The lowest BCUT2D eigenvalue weighted by atomic mass is 10.0. The van der Waals surface area contributed by atoms with Crippen LogP contribution in [0, 0.1) is 0 Å². The maximum absolute atomic E-state index is 5.77. The van der Waals surface area contributed by atoms with Gasteiger partial charge in [-0.25, -0.2) is 0 Å². The quantitative estimate of drug-likeness (QED) is 0.768. The van der Waals surface area contributed by atoms with Gasteiger partial charge in [0.05, 0.1) is 12.6 Å². The van der Waals surface area contributed by atoms with Crippen molar-refractivity contribution in [2.24, 2.45) is 0 Å². The zero-order chi connectivity index (χ0) is 13.7. The van der Waals surface area contributed by atoms with E-state index in [1.807, 2.05) is 20.9 Å². The molecule has 1 N–H and O–H groups in total. The van der Waals surface area contributed by atoms with Crippen LogP contribution in [0.5, 0.6) is 5.75 Å². The van der Waals surface area contributed by atoms with E-state index in [1.54, 1.807) is 0 Å². The number of nitrogens with one attached hydrogen (secondary N) is 1. The fourth-order valence-electron chi connectivity index (χ4n) is 2.49. The highest BCUT2D eigenvalue weighted by Crippen LogP contribution is 2.35. The van der Waals surface area contributed by atoms with Crippen molar-refractivity contribution in [2.75, 3.05) is 26.9 Å². The van der Waals surface area contributed by atoms with Gasteiger partial charge in [0.1, 0.15) is 5.75 Å². The van der Waals surface area contributed by atoms with Crippen molar-refractivity contribution >= 4 is 0 Å². The molecule has 0 aromatic heterocycles. The highest BCUT2D eigenvalue weighted by Gasteiger charge is 2.28. The Morgan fingerprint density at radius 1 is 1.26 bits per heavy atom. The lowest BCUT2D eigenvalue weighted by Gasteiger charge is -2.27. The van der Waals surface area contributed by atoms with Crippen molar-refractivity contribution in [3.63, 3.8) is 0 Å². The zero-order valence-corrected chi connectivity index (χ0v) is 11.9. The molecule has 106 valence electrons. The largest absolute Gasteiger partial charge is 0.493 e. The van der Waals surface area contributed by atoms with Gasteiger partial charge in [-0.3, -0.25) is 0 Å². The first-order valence-electron chi connectivity index (χ1n) is 6.96. The van der Waals surface area contributed by atoms with Crippen LogP contribution in [0.2, 0.25) is 0 Å². The molecule has 19 heavy (non-hydrogen) atoms. The number of ether oxygens (including phenoxy) is 3. The van der Waals surface area contributed by atoms with Crippen LogP contribution in [0.4, 0.5) is 0 Å². The van der Waals surface area contributed by atoms with Crippen molar-refractivity contribution in [1.82, 2.24) is 5.32 Å². The number of hydrogen-bond acceptors (Lipinski definition) is 4. The van der Waals surface area contributed by atoms with E-state index in [2.05, 4.69) is 23.5 Å². The predicted octanol–water partition coefficient (Wildman–Crippen LogP) is 2.28. The highest BCUT2D eigenvalue weighted by atomic mass is 16.7. The molecule has 1 aliphatic heterocycles. The third kappa shape index (κ3) is 3.08. The van der Waals surface area contributed by atoms with E-state index >= 15 is 0 Å². The second-order valence-electron chi connectivity index (χ2n) is 4.48. The summed E-state index contributed by atoms with van der Waals surface area (Å²) in [6, 6.07) is 6.25. The Labute approximate surface area is 115 Å². The van der Waals surface area contributed by atoms with Gasteiger partial charge >= 0.3 is 0 Å². The van der Waals surface area contributed by atoms with E-state index in [1.165, 1.54) is 5.56 Å². The van der Waals surface area contributed by atoms with Gasteiger partial charge in [0.25, 0.3) is 0 Å². The molecule has 0 amide bonds. The Balaban J connectivity index is 2.27. The summed E-state index contributed by atoms with van der Waals surface area (Å²) in [5.41, 5.74) is 2.38. The average Bonchev–Trinajstić information content (AvgIpc) is 2.89. The third-order valence-corrected chi connectivity index (χ3v) is 3.32. The third-order valence-electron chi connectivity index (χ3n) is 3.32. The van der Waals surface area contributed by atoms with Crippen molar-refractivity contribution in [1.29, 1.82) is 0 Å². The minimum atomic E-state index is -0.296. The summed E-state index contributed by atoms with van der Waals surface area (Å²) in [5, 5.41) is 3.29. The summed E-state index contributed by atoms with van der Waals surface area (Å²) in [6.45, 7) is 5.96. The van der Waals surface area contributed by atoms with E-state index < -0.39 is 0 Å². The van der Waals surface area contributed by atoms with Crippen LogP contribution in [0.25, 0.3) is 0 Å². The van der Waals surface area contributed by atoms with Crippen LogP contribution in [0.1, 0.15) is 31.0 Å². The average molecular weight is 265 g/mol. The second kappa shape index (κ2) is 6.89. The molecular weight excluding hydrogens is 242 g/mol. The maximum atomic E-state index is 5.77. The van der Waals surface area contributed by atoms with Gasteiger partial charge < -0.3 is 19.5 Å². The molecule has 1 unspecified atom stereocenters. The lowest BCUT2D eigenvalue weighted by molar-refractivity contribution is -0.154. The molecular formula is C15H23NO3. The van der Waals surface area contributed by atoms with Crippen LogP contribution in [0.15, 0.2) is 18.2 Å². The van der Waals surface area contributed by atoms with Gasteiger partial charge in [-0.1, -0.05) is 18.2 Å². The number of para-hydroxylation sites is 1. The van der Waals surface area contributed by atoms with Gasteiger partial charge in [-0.2, -0.15) is 0 Å². The van der Waals surface area contributed by atoms with Gasteiger partial charge in [-0.05, 0) is 26.5 Å². The minimum absolute atomic E-state index is 0.0204. The first-order valence-corrected chi connectivity index (χ1v) is 6.96. The maximum Gasteiger partial charge on any atom is 0.176 e. The topological polar surface area (TPSA) is 39.7 Å². The SMILES string of the molecule is CCOC(OCC)C(NC)c1cccc2c1OCC2. The Morgan fingerprint density at radius 3 is 2.63 bits per heavy atom. The molecule has 2 rings (SSSR count). The zero-order valence-electron chi connectivity index (χ0n) is 11.9. The summed E-state index contributed by atoms with van der Waals surface area (Å²) in [5.74, 6) is 0.992. The summed E-state index contributed by atoms with van der Waals surface area (Å²) in [4.78, 5) is 0. The molecule has 0 radical (unpaired) electrons. The fraction of sp³-hybridized carbons (Fsp3) is 0.600. The van der Waals surface area contributed by atoms with E-state index in [9.17, 15) is 0 Å². The first-order chi connectivity index (χ1) is 9.31. The van der Waals surface area contributed by atoms with Gasteiger partial charge in [0.2, 0.25) is 0 Å². The normalized spacial score (nSPS) is 15.4. The number of benzene rings is 1. The van der Waals surface area contributed by atoms with Crippen molar-refractivity contribution in [3.8, 4) is 5.75 Å². The van der Waals surface area contributed by atoms with E-state index in [-0.39, 0.29) is 12.3 Å². The molecule has 4 heteroatoms. The standard InChI is InChI=1S/C15H23NO3/c1-4-17-15(18-5-2)13(16-3)12-8-6-7-11-9-10-19-14(11)12/h6-8,13,15-16H,4-5,9-10H2,1-3H3. The first kappa shape index (κ1) is 14.3. The molecule has 0 saturated heterocycles. The van der Waals surface area contributed by atoms with E-state index in [4.69, 9.17) is 14.2 Å². The van der Waals surface area contributed by atoms with Crippen LogP contribution in [-0.2, 0) is 15.9 Å². The highest BCUT2D eigenvalue weighted by molar-refractivity contribution is 5.45. The molecule has 4 nitrogen and oxygen atoms in total. The molecule has 0 bridgehead atoms. The Hall–Kier alpha value is -1.10. The van der Waals surface area contributed by atoms with Crippen molar-refractivity contribution < 1.29 is 14.2 Å². The van der Waals surface area contributed by atoms with Gasteiger partial charge in [0, 0.05) is 25.2 Å². The van der Waals surface area contributed by atoms with Crippen LogP contribution < -0.4 is 10.1 Å². The van der Waals surface area contributed by atoms with Crippen LogP contribution in [0.3, 0.4) is 0 Å². The monoisotopic (exact) mass is 265 g/mol. The molecule has 0 fully saturated rings. The molecule has 1 heterocycles. The van der Waals surface area contributed by atoms with Gasteiger partial charge in [0.15, 0.2) is 6.29 Å². The molecule has 0 saturated carbocycles. The Morgan fingerprint density at radius 2 is 2.00 bits per heavy atom. The lowest BCUT2D eigenvalue weighted by Crippen LogP contribution is -2.34. The van der Waals surface area contributed by atoms with E-state index in [0.29, 0.717) is 13.2 Å². The molecule has 1 aliphatic rings. The molecule has 0 aliphatic carbocycles. The van der Waals surface area contributed by atoms with Crippen molar-refractivity contribution in [2.45, 2.75) is 32.6 Å². The molecule has 1 aromatic carbocycles. The number of likely N-dealkylation sites (N-methyl/N-ethyl adjacent to an activating group) is 1. The molecule has 1 atom stereocenters. The Kier molecular flexibility index (Phi) is 5.19. The fourth-order valence-corrected chi connectivity index (χ4v) is 2.49. The summed E-state index contributed by atoms with van der Waals surface area (Å²) in [6.07, 6.45) is 0.684. The number of hydrogen-bond donors (Lipinski definition) is 1. The second-order valence-corrected chi connectivity index (χ2v) is 4.48. The minimum Gasteiger partial charge on any atom is -0.493 e. The van der Waals surface area contributed by atoms with Crippen LogP contribution in [-0.4, -0.2) is 33.2 Å². The number of fused-ring (bicyclic) bond motifs is 1. The van der Waals surface area contributed by atoms with Crippen LogP contribution >= 0.6 is 0 Å². The molecule has 1 aromatic rings. The van der Waals surface area contributed by atoms with Gasteiger partial charge in [-0.15, -0.1) is 0 Å². The Bertz CT molecular complexity index is 402. The van der Waals surface area contributed by atoms with Crippen molar-refractivity contribution in [3.05, 3.63) is 29.3 Å². The van der Waals surface area contributed by atoms with E-state index in [0.717, 1.165) is 24.3 Å². The summed E-state index contributed by atoms with van der Waals surface area (Å²) in [7, 11) is 1.92.